The molecule has 5 atom stereocenters. The maximum Gasteiger partial charge on any atom is 0.229 e. The molecule has 1 aromatic heterocycles. The van der Waals surface area contributed by atoms with Crippen LogP contribution in [-0.2, 0) is 4.74 Å². The van der Waals surface area contributed by atoms with Gasteiger partial charge in [0.1, 0.15) is 58.9 Å². The first-order valence-corrected chi connectivity index (χ1v) is 9.35. The Balaban J connectivity index is 1.79. The predicted molar refractivity (Wildman–Crippen MR) is 106 cm³/mol. The van der Waals surface area contributed by atoms with Crippen LogP contribution in [0.1, 0.15) is 0 Å². The second-order valence-corrected chi connectivity index (χ2v) is 7.16. The highest BCUT2D eigenvalue weighted by molar-refractivity contribution is 5.88. The van der Waals surface area contributed by atoms with E-state index in [1.807, 2.05) is 0 Å². The fourth-order valence-corrected chi connectivity index (χ4v) is 3.43. The first-order valence-electron chi connectivity index (χ1n) is 9.35. The molecule has 1 aliphatic rings. The Bertz CT molecular complexity index is 1140. The average Bonchev–Trinajstić information content (AvgIpc) is 2.75. The molecule has 2 heterocycles. The van der Waals surface area contributed by atoms with Crippen molar-refractivity contribution < 1.29 is 44.5 Å². The molecule has 1 unspecified atom stereocenters. The number of aliphatic hydroxyl groups excluding tert-OH is 4. The second-order valence-electron chi connectivity index (χ2n) is 7.16. The van der Waals surface area contributed by atoms with Crippen LogP contribution in [0, 0.1) is 0 Å². The average molecular weight is 432 g/mol. The molecule has 10 nitrogen and oxygen atoms in total. The van der Waals surface area contributed by atoms with E-state index in [1.54, 1.807) is 0 Å². The molecule has 1 fully saturated rings. The molecule has 164 valence electrons. The molecule has 1 saturated heterocycles. The van der Waals surface area contributed by atoms with Crippen molar-refractivity contribution in [1.29, 1.82) is 0 Å². The number of ether oxygens (including phenoxy) is 2. The maximum absolute atomic E-state index is 13.2. The summed E-state index contributed by atoms with van der Waals surface area (Å²) in [6.07, 6.45) is -6.53. The van der Waals surface area contributed by atoms with Gasteiger partial charge in [-0.3, -0.25) is 4.79 Å². The summed E-state index contributed by atoms with van der Waals surface area (Å²) in [5.74, 6) is -0.480. The molecule has 31 heavy (non-hydrogen) atoms. The van der Waals surface area contributed by atoms with Gasteiger partial charge >= 0.3 is 0 Å². The van der Waals surface area contributed by atoms with Crippen LogP contribution in [0.5, 0.6) is 17.2 Å². The van der Waals surface area contributed by atoms with E-state index in [1.165, 1.54) is 36.6 Å². The van der Waals surface area contributed by atoms with Gasteiger partial charge in [0.25, 0.3) is 0 Å². The summed E-state index contributed by atoms with van der Waals surface area (Å²) in [4.78, 5) is 13.2. The highest BCUT2D eigenvalue weighted by Gasteiger charge is 2.45. The van der Waals surface area contributed by atoms with E-state index in [9.17, 15) is 35.4 Å². The van der Waals surface area contributed by atoms with E-state index >= 15 is 0 Å². The van der Waals surface area contributed by atoms with Crippen LogP contribution in [-0.4, -0.2) is 68.0 Å². The van der Waals surface area contributed by atoms with Gasteiger partial charge in [-0.2, -0.15) is 0 Å². The minimum atomic E-state index is -1.71. The van der Waals surface area contributed by atoms with E-state index in [0.717, 1.165) is 6.07 Å². The third-order valence-electron chi connectivity index (χ3n) is 5.10. The minimum absolute atomic E-state index is 0.00730. The van der Waals surface area contributed by atoms with Gasteiger partial charge < -0.3 is 44.5 Å². The van der Waals surface area contributed by atoms with Crippen molar-refractivity contribution in [2.45, 2.75) is 30.7 Å². The first kappa shape index (κ1) is 21.1. The van der Waals surface area contributed by atoms with Crippen LogP contribution in [0.3, 0.4) is 0 Å². The first-order chi connectivity index (χ1) is 14.8. The van der Waals surface area contributed by atoms with E-state index < -0.39 is 42.7 Å². The number of phenolic OH excluding ortho intramolecular Hbond substituents is 2. The molecule has 0 radical (unpaired) electrons. The topological polar surface area (TPSA) is 170 Å². The number of fused-ring (bicyclic) bond motifs is 1. The third kappa shape index (κ3) is 3.82. The molecule has 0 amide bonds. The summed E-state index contributed by atoms with van der Waals surface area (Å²) in [7, 11) is 0. The Morgan fingerprint density at radius 3 is 2.32 bits per heavy atom. The van der Waals surface area contributed by atoms with Gasteiger partial charge in [0.2, 0.25) is 11.7 Å². The van der Waals surface area contributed by atoms with Crippen molar-refractivity contribution in [3.05, 3.63) is 52.9 Å². The maximum atomic E-state index is 13.2. The van der Waals surface area contributed by atoms with Gasteiger partial charge in [-0.05, 0) is 17.7 Å². The molecule has 0 bridgehead atoms. The van der Waals surface area contributed by atoms with Gasteiger partial charge in [-0.15, -0.1) is 0 Å². The molecular weight excluding hydrogens is 412 g/mol. The van der Waals surface area contributed by atoms with Gasteiger partial charge in [0.05, 0.1) is 12.2 Å². The van der Waals surface area contributed by atoms with Crippen molar-refractivity contribution in [3.8, 4) is 28.4 Å². The summed E-state index contributed by atoms with van der Waals surface area (Å²) in [6, 6.07) is 8.17. The summed E-state index contributed by atoms with van der Waals surface area (Å²) in [5, 5.41) is 58.8. The van der Waals surface area contributed by atoms with E-state index in [2.05, 4.69) is 0 Å². The number of benzene rings is 2. The Labute approximate surface area is 174 Å². The fourth-order valence-electron chi connectivity index (χ4n) is 3.43. The molecule has 6 N–H and O–H groups in total. The lowest BCUT2D eigenvalue weighted by atomic mass is 9.99. The molecular formula is C21H20O10. The van der Waals surface area contributed by atoms with Crippen molar-refractivity contribution in [1.82, 2.24) is 0 Å². The highest BCUT2D eigenvalue weighted by atomic mass is 16.7. The monoisotopic (exact) mass is 432 g/mol. The summed E-state index contributed by atoms with van der Waals surface area (Å²) in [5.41, 5.74) is 0.0795. The van der Waals surface area contributed by atoms with Crippen LogP contribution in [0.25, 0.3) is 22.1 Å². The largest absolute Gasteiger partial charge is 0.508 e. The van der Waals surface area contributed by atoms with Gasteiger partial charge in [0.15, 0.2) is 0 Å². The summed E-state index contributed by atoms with van der Waals surface area (Å²) in [6.45, 7) is -0.654. The molecule has 0 saturated carbocycles. The van der Waals surface area contributed by atoms with Crippen LogP contribution >= 0.6 is 0 Å². The quantitative estimate of drug-likeness (QED) is 0.331. The van der Waals surface area contributed by atoms with Crippen molar-refractivity contribution >= 4 is 11.0 Å². The van der Waals surface area contributed by atoms with Gasteiger partial charge in [-0.25, -0.2) is 0 Å². The Hall–Kier alpha value is -3.15. The molecule has 2 aromatic carbocycles. The van der Waals surface area contributed by atoms with Crippen molar-refractivity contribution in [3.63, 3.8) is 0 Å². The lowest BCUT2D eigenvalue weighted by Gasteiger charge is -2.39. The number of rotatable bonds is 4. The minimum Gasteiger partial charge on any atom is -0.508 e. The lowest BCUT2D eigenvalue weighted by molar-refractivity contribution is -0.277. The zero-order chi connectivity index (χ0) is 22.3. The molecule has 1 aliphatic heterocycles. The zero-order valence-electron chi connectivity index (χ0n) is 16.0. The number of aliphatic hydroxyl groups is 4. The molecule has 4 rings (SSSR count). The van der Waals surface area contributed by atoms with Crippen LogP contribution in [0.4, 0.5) is 0 Å². The van der Waals surface area contributed by atoms with Gasteiger partial charge in [-0.1, -0.05) is 12.1 Å². The SMILES string of the molecule is O=c1c(-c2ccc(O)cc2)coc2cc(O)cc(OC3O[C@H](CO)[C@H](O)[C@H](O)[C@H]3O)c12. The van der Waals surface area contributed by atoms with E-state index in [0.29, 0.717) is 5.56 Å². The normalized spacial score (nSPS) is 26.1. The van der Waals surface area contributed by atoms with E-state index in [-0.39, 0.29) is 33.8 Å². The number of hydrogen-bond donors (Lipinski definition) is 6. The summed E-state index contributed by atoms with van der Waals surface area (Å²) < 4.78 is 16.4. The van der Waals surface area contributed by atoms with Crippen LogP contribution in [0.2, 0.25) is 0 Å². The molecule has 3 aromatic rings. The van der Waals surface area contributed by atoms with Crippen LogP contribution < -0.4 is 10.2 Å². The van der Waals surface area contributed by atoms with Gasteiger partial charge in [0, 0.05) is 12.1 Å². The predicted octanol–water partition coefficient (Wildman–Crippen LogP) is 0.0499. The smallest absolute Gasteiger partial charge is 0.229 e. The third-order valence-corrected chi connectivity index (χ3v) is 5.10. The van der Waals surface area contributed by atoms with Crippen LogP contribution in [0.15, 0.2) is 51.9 Å². The molecule has 0 aliphatic carbocycles. The second kappa shape index (κ2) is 8.17. The Morgan fingerprint density at radius 1 is 0.935 bits per heavy atom. The Morgan fingerprint density at radius 2 is 1.65 bits per heavy atom. The Kier molecular flexibility index (Phi) is 5.56. The summed E-state index contributed by atoms with van der Waals surface area (Å²) >= 11 is 0. The van der Waals surface area contributed by atoms with Crippen molar-refractivity contribution in [2.24, 2.45) is 0 Å². The number of aromatic hydroxyl groups is 2. The van der Waals surface area contributed by atoms with Crippen molar-refractivity contribution in [2.75, 3.05) is 6.61 Å². The zero-order valence-corrected chi connectivity index (χ0v) is 16.0. The fraction of sp³-hybridized carbons (Fsp3) is 0.286. The number of phenols is 2. The molecule has 10 heteroatoms. The number of hydrogen-bond acceptors (Lipinski definition) is 10. The van der Waals surface area contributed by atoms with E-state index in [4.69, 9.17) is 13.9 Å². The molecule has 0 spiro atoms. The highest BCUT2D eigenvalue weighted by Crippen LogP contribution is 2.33. The lowest BCUT2D eigenvalue weighted by Crippen LogP contribution is -2.60. The standard InChI is InChI=1S/C21H20O10/c22-7-15-18(26)19(27)20(28)21(31-15)30-14-6-11(24)5-13-16(14)17(25)12(8-29-13)9-1-3-10(23)4-2-9/h1-6,8,15,18-24,26-28H,7H2/t15-,18+,19+,20-,21?/m1/s1.